The lowest BCUT2D eigenvalue weighted by Crippen LogP contribution is -2.22. The topological polar surface area (TPSA) is 54.2 Å². The van der Waals surface area contributed by atoms with Gasteiger partial charge in [0.1, 0.15) is 5.82 Å². The SMILES string of the molecule is CCN(CC)c1ccc(NCc2ccccc2N)cn1. The molecule has 2 aromatic rings. The van der Waals surface area contributed by atoms with Crippen molar-refractivity contribution in [3.8, 4) is 0 Å². The Labute approximate surface area is 120 Å². The van der Waals surface area contributed by atoms with Gasteiger partial charge in [-0.2, -0.15) is 0 Å². The van der Waals surface area contributed by atoms with Gasteiger partial charge in [-0.15, -0.1) is 0 Å². The van der Waals surface area contributed by atoms with Crippen LogP contribution in [0.25, 0.3) is 0 Å². The molecule has 0 bridgehead atoms. The van der Waals surface area contributed by atoms with Crippen molar-refractivity contribution in [3.05, 3.63) is 48.2 Å². The fourth-order valence-electron chi connectivity index (χ4n) is 2.12. The van der Waals surface area contributed by atoms with Crippen LogP contribution >= 0.6 is 0 Å². The summed E-state index contributed by atoms with van der Waals surface area (Å²) in [4.78, 5) is 6.71. The molecule has 0 aliphatic rings. The predicted molar refractivity (Wildman–Crippen MR) is 86.0 cm³/mol. The van der Waals surface area contributed by atoms with Gasteiger partial charge < -0.3 is 16.0 Å². The Hall–Kier alpha value is -2.23. The number of nitrogens with two attached hydrogens (primary N) is 1. The lowest BCUT2D eigenvalue weighted by molar-refractivity contribution is 0.846. The maximum Gasteiger partial charge on any atom is 0.128 e. The van der Waals surface area contributed by atoms with E-state index in [9.17, 15) is 0 Å². The smallest absolute Gasteiger partial charge is 0.128 e. The van der Waals surface area contributed by atoms with E-state index < -0.39 is 0 Å². The molecule has 0 aliphatic carbocycles. The first-order valence-corrected chi connectivity index (χ1v) is 7.02. The number of pyridine rings is 1. The highest BCUT2D eigenvalue weighted by Gasteiger charge is 2.03. The molecule has 1 aromatic heterocycles. The molecule has 1 aromatic carbocycles. The third-order valence-electron chi connectivity index (χ3n) is 3.37. The van der Waals surface area contributed by atoms with Gasteiger partial charge >= 0.3 is 0 Å². The van der Waals surface area contributed by atoms with Crippen molar-refractivity contribution in [2.24, 2.45) is 0 Å². The highest BCUT2D eigenvalue weighted by atomic mass is 15.2. The van der Waals surface area contributed by atoms with E-state index in [1.54, 1.807) is 0 Å². The maximum absolute atomic E-state index is 5.92. The maximum atomic E-state index is 5.92. The van der Waals surface area contributed by atoms with Gasteiger partial charge in [-0.05, 0) is 37.6 Å². The summed E-state index contributed by atoms with van der Waals surface area (Å²) in [6.07, 6.45) is 1.87. The lowest BCUT2D eigenvalue weighted by atomic mass is 10.2. The molecule has 20 heavy (non-hydrogen) atoms. The molecule has 1 heterocycles. The van der Waals surface area contributed by atoms with Crippen LogP contribution in [0.4, 0.5) is 17.2 Å². The summed E-state index contributed by atoms with van der Waals surface area (Å²) in [5.74, 6) is 1.01. The largest absolute Gasteiger partial charge is 0.398 e. The average molecular weight is 270 g/mol. The van der Waals surface area contributed by atoms with E-state index in [0.29, 0.717) is 6.54 Å². The summed E-state index contributed by atoms with van der Waals surface area (Å²) >= 11 is 0. The zero-order valence-electron chi connectivity index (χ0n) is 12.1. The molecule has 0 radical (unpaired) electrons. The molecule has 0 amide bonds. The second kappa shape index (κ2) is 6.80. The second-order valence-electron chi connectivity index (χ2n) is 4.63. The van der Waals surface area contributed by atoms with Gasteiger partial charge in [0.15, 0.2) is 0 Å². The van der Waals surface area contributed by atoms with Crippen molar-refractivity contribution in [1.29, 1.82) is 0 Å². The first-order valence-electron chi connectivity index (χ1n) is 7.02. The number of aromatic nitrogens is 1. The summed E-state index contributed by atoms with van der Waals surface area (Å²) < 4.78 is 0. The van der Waals surface area contributed by atoms with E-state index in [1.807, 2.05) is 36.5 Å². The molecule has 106 valence electrons. The number of anilines is 3. The van der Waals surface area contributed by atoms with Gasteiger partial charge in [0, 0.05) is 25.3 Å². The summed E-state index contributed by atoms with van der Waals surface area (Å²) in [6, 6.07) is 12.0. The molecule has 3 N–H and O–H groups in total. The van der Waals surface area contributed by atoms with Crippen LogP contribution in [0.5, 0.6) is 0 Å². The third-order valence-corrected chi connectivity index (χ3v) is 3.37. The standard InChI is InChI=1S/C16H22N4/c1-3-20(4-2)16-10-9-14(12-19-16)18-11-13-7-5-6-8-15(13)17/h5-10,12,18H,3-4,11,17H2,1-2H3. The first kappa shape index (κ1) is 14.2. The molecule has 0 atom stereocenters. The van der Waals surface area contributed by atoms with Crippen LogP contribution in [-0.4, -0.2) is 18.1 Å². The number of nitrogen functional groups attached to an aromatic ring is 1. The summed E-state index contributed by atoms with van der Waals surface area (Å²) in [7, 11) is 0. The van der Waals surface area contributed by atoms with Gasteiger partial charge in [0.25, 0.3) is 0 Å². The molecular formula is C16H22N4. The van der Waals surface area contributed by atoms with Crippen LogP contribution in [0.2, 0.25) is 0 Å². The van der Waals surface area contributed by atoms with Crippen molar-refractivity contribution in [1.82, 2.24) is 4.98 Å². The Morgan fingerprint density at radius 3 is 2.45 bits per heavy atom. The predicted octanol–water partition coefficient (Wildman–Crippen LogP) is 3.12. The normalized spacial score (nSPS) is 10.3. The minimum atomic E-state index is 0.707. The third kappa shape index (κ3) is 3.41. The summed E-state index contributed by atoms with van der Waals surface area (Å²) in [5.41, 5.74) is 8.84. The molecule has 0 aliphatic heterocycles. The summed E-state index contributed by atoms with van der Waals surface area (Å²) in [6.45, 7) is 6.91. The van der Waals surface area contributed by atoms with Gasteiger partial charge in [-0.25, -0.2) is 4.98 Å². The molecule has 0 unspecified atom stereocenters. The molecular weight excluding hydrogens is 248 g/mol. The molecule has 4 heteroatoms. The number of benzene rings is 1. The van der Waals surface area contributed by atoms with Crippen molar-refractivity contribution in [3.63, 3.8) is 0 Å². The van der Waals surface area contributed by atoms with Crippen molar-refractivity contribution < 1.29 is 0 Å². The molecule has 2 rings (SSSR count). The van der Waals surface area contributed by atoms with Crippen LogP contribution in [-0.2, 0) is 6.54 Å². The molecule has 0 fully saturated rings. The number of nitrogens with zero attached hydrogens (tertiary/aromatic N) is 2. The highest BCUT2D eigenvalue weighted by Crippen LogP contribution is 2.16. The lowest BCUT2D eigenvalue weighted by Gasteiger charge is -2.19. The first-order chi connectivity index (χ1) is 9.74. The van der Waals surface area contributed by atoms with Crippen molar-refractivity contribution in [2.75, 3.05) is 29.0 Å². The highest BCUT2D eigenvalue weighted by molar-refractivity contribution is 5.52. The number of hydrogen-bond acceptors (Lipinski definition) is 4. The Morgan fingerprint density at radius 2 is 1.85 bits per heavy atom. The minimum Gasteiger partial charge on any atom is -0.398 e. The van der Waals surface area contributed by atoms with Crippen molar-refractivity contribution >= 4 is 17.2 Å². The number of hydrogen-bond donors (Lipinski definition) is 2. The minimum absolute atomic E-state index is 0.707. The average Bonchev–Trinajstić information content (AvgIpc) is 2.49. The Bertz CT molecular complexity index is 532. The number of nitrogens with one attached hydrogen (secondary N) is 1. The number of para-hydroxylation sites is 1. The molecule has 0 saturated carbocycles. The molecule has 0 saturated heterocycles. The zero-order valence-corrected chi connectivity index (χ0v) is 12.1. The Kier molecular flexibility index (Phi) is 4.82. The van der Waals surface area contributed by atoms with E-state index in [0.717, 1.165) is 35.8 Å². The van der Waals surface area contributed by atoms with E-state index in [2.05, 4.69) is 35.1 Å². The molecule has 0 spiro atoms. The molecule has 4 nitrogen and oxygen atoms in total. The zero-order chi connectivity index (χ0) is 14.4. The Morgan fingerprint density at radius 1 is 1.10 bits per heavy atom. The van der Waals surface area contributed by atoms with Crippen LogP contribution in [0, 0.1) is 0 Å². The fraction of sp³-hybridized carbons (Fsp3) is 0.312. The van der Waals surface area contributed by atoms with Crippen LogP contribution < -0.4 is 16.0 Å². The quantitative estimate of drug-likeness (QED) is 0.792. The monoisotopic (exact) mass is 270 g/mol. The van der Waals surface area contributed by atoms with Gasteiger partial charge in [-0.3, -0.25) is 0 Å². The van der Waals surface area contributed by atoms with Gasteiger partial charge in [-0.1, -0.05) is 18.2 Å². The Balaban J connectivity index is 1.99. The van der Waals surface area contributed by atoms with Crippen LogP contribution in [0.1, 0.15) is 19.4 Å². The van der Waals surface area contributed by atoms with Gasteiger partial charge in [0.2, 0.25) is 0 Å². The van der Waals surface area contributed by atoms with E-state index in [-0.39, 0.29) is 0 Å². The van der Waals surface area contributed by atoms with Gasteiger partial charge in [0.05, 0.1) is 11.9 Å². The second-order valence-corrected chi connectivity index (χ2v) is 4.63. The number of rotatable bonds is 6. The fourth-order valence-corrected chi connectivity index (χ4v) is 2.12. The van der Waals surface area contributed by atoms with E-state index in [1.165, 1.54) is 0 Å². The summed E-state index contributed by atoms with van der Waals surface area (Å²) in [5, 5.41) is 3.34. The van der Waals surface area contributed by atoms with Crippen molar-refractivity contribution in [2.45, 2.75) is 20.4 Å². The van der Waals surface area contributed by atoms with E-state index in [4.69, 9.17) is 5.73 Å². The van der Waals surface area contributed by atoms with E-state index >= 15 is 0 Å². The van der Waals surface area contributed by atoms with Crippen LogP contribution in [0.15, 0.2) is 42.6 Å². The van der Waals surface area contributed by atoms with Crippen LogP contribution in [0.3, 0.4) is 0 Å².